The molecule has 19 heavy (non-hydrogen) atoms. The fourth-order valence-electron chi connectivity index (χ4n) is 2.04. The largest absolute Gasteiger partial charge is 0.354 e. The maximum Gasteiger partial charge on any atom is 0.251 e. The van der Waals surface area contributed by atoms with Crippen LogP contribution in [0.2, 0.25) is 5.15 Å². The monoisotopic (exact) mass is 281 g/mol. The SMILES string of the molecule is CCCc1cc(C(=O)NC2CNC(=O)C2)cc(Cl)n1. The molecule has 1 fully saturated rings. The minimum atomic E-state index is -0.219. The lowest BCUT2D eigenvalue weighted by Gasteiger charge is -2.11. The van der Waals surface area contributed by atoms with Crippen molar-refractivity contribution >= 4 is 23.4 Å². The minimum absolute atomic E-state index is 0.0373. The van der Waals surface area contributed by atoms with Crippen LogP contribution in [0.4, 0.5) is 0 Å². The van der Waals surface area contributed by atoms with Gasteiger partial charge >= 0.3 is 0 Å². The van der Waals surface area contributed by atoms with Crippen LogP contribution in [-0.2, 0) is 11.2 Å². The van der Waals surface area contributed by atoms with E-state index in [1.165, 1.54) is 0 Å². The van der Waals surface area contributed by atoms with Crippen LogP contribution < -0.4 is 10.6 Å². The van der Waals surface area contributed by atoms with Gasteiger partial charge in [-0.05, 0) is 18.6 Å². The number of carbonyl (C=O) groups is 2. The molecule has 0 spiro atoms. The molecule has 1 aromatic rings. The second kappa shape index (κ2) is 6.02. The van der Waals surface area contributed by atoms with Gasteiger partial charge in [0.1, 0.15) is 5.15 Å². The third-order valence-corrected chi connectivity index (χ3v) is 3.12. The second-order valence-electron chi connectivity index (χ2n) is 4.60. The summed E-state index contributed by atoms with van der Waals surface area (Å²) >= 11 is 5.91. The van der Waals surface area contributed by atoms with Gasteiger partial charge in [-0.15, -0.1) is 0 Å². The van der Waals surface area contributed by atoms with Crippen molar-refractivity contribution in [3.63, 3.8) is 0 Å². The van der Waals surface area contributed by atoms with Crippen LogP contribution in [0, 0.1) is 0 Å². The van der Waals surface area contributed by atoms with Gasteiger partial charge in [-0.2, -0.15) is 0 Å². The summed E-state index contributed by atoms with van der Waals surface area (Å²) in [7, 11) is 0. The number of amides is 2. The molecule has 1 aliphatic rings. The molecule has 1 atom stereocenters. The highest BCUT2D eigenvalue weighted by Gasteiger charge is 2.23. The Kier molecular flexibility index (Phi) is 4.37. The van der Waals surface area contributed by atoms with Crippen LogP contribution in [0.1, 0.15) is 35.8 Å². The first kappa shape index (κ1) is 13.8. The molecule has 0 saturated carbocycles. The molecule has 1 aliphatic heterocycles. The molecule has 6 heteroatoms. The van der Waals surface area contributed by atoms with Crippen molar-refractivity contribution in [2.75, 3.05) is 6.54 Å². The van der Waals surface area contributed by atoms with Crippen LogP contribution in [0.25, 0.3) is 0 Å². The minimum Gasteiger partial charge on any atom is -0.354 e. The smallest absolute Gasteiger partial charge is 0.251 e. The molecule has 0 radical (unpaired) electrons. The molecule has 1 aromatic heterocycles. The molecule has 0 aromatic carbocycles. The molecule has 2 N–H and O–H groups in total. The van der Waals surface area contributed by atoms with E-state index in [-0.39, 0.29) is 17.9 Å². The van der Waals surface area contributed by atoms with Gasteiger partial charge in [-0.3, -0.25) is 9.59 Å². The van der Waals surface area contributed by atoms with E-state index in [1.54, 1.807) is 12.1 Å². The molecule has 1 unspecified atom stereocenters. The number of pyridine rings is 1. The first-order valence-electron chi connectivity index (χ1n) is 6.32. The maximum absolute atomic E-state index is 12.1. The van der Waals surface area contributed by atoms with Gasteiger partial charge in [0, 0.05) is 24.2 Å². The lowest BCUT2D eigenvalue weighted by atomic mass is 10.1. The number of hydrogen-bond donors (Lipinski definition) is 2. The molecule has 102 valence electrons. The van der Waals surface area contributed by atoms with E-state index in [4.69, 9.17) is 11.6 Å². The van der Waals surface area contributed by atoms with Crippen LogP contribution in [0.15, 0.2) is 12.1 Å². The molecule has 0 aliphatic carbocycles. The van der Waals surface area contributed by atoms with E-state index in [1.807, 2.05) is 6.92 Å². The molecular formula is C13H16ClN3O2. The van der Waals surface area contributed by atoms with Crippen molar-refractivity contribution < 1.29 is 9.59 Å². The van der Waals surface area contributed by atoms with E-state index in [9.17, 15) is 9.59 Å². The summed E-state index contributed by atoms with van der Waals surface area (Å²) in [6.07, 6.45) is 2.05. The average molecular weight is 282 g/mol. The highest BCUT2D eigenvalue weighted by Crippen LogP contribution is 2.13. The number of rotatable bonds is 4. The van der Waals surface area contributed by atoms with Crippen LogP contribution in [0.3, 0.4) is 0 Å². The van der Waals surface area contributed by atoms with Gasteiger partial charge in [-0.25, -0.2) is 4.98 Å². The van der Waals surface area contributed by atoms with E-state index < -0.39 is 0 Å². The quantitative estimate of drug-likeness (QED) is 0.818. The second-order valence-corrected chi connectivity index (χ2v) is 4.99. The zero-order valence-electron chi connectivity index (χ0n) is 10.7. The van der Waals surface area contributed by atoms with Crippen molar-refractivity contribution in [3.05, 3.63) is 28.5 Å². The summed E-state index contributed by atoms with van der Waals surface area (Å²) in [6, 6.07) is 3.14. The number of carbonyl (C=O) groups excluding carboxylic acids is 2. The molecule has 2 heterocycles. The Morgan fingerprint density at radius 3 is 3.00 bits per heavy atom. The lowest BCUT2D eigenvalue weighted by molar-refractivity contribution is -0.119. The number of nitrogens with one attached hydrogen (secondary N) is 2. The maximum atomic E-state index is 12.1. The van der Waals surface area contributed by atoms with Gasteiger partial charge in [0.25, 0.3) is 5.91 Å². The third-order valence-electron chi connectivity index (χ3n) is 2.93. The predicted octanol–water partition coefficient (Wildman–Crippen LogP) is 1.31. The fraction of sp³-hybridized carbons (Fsp3) is 0.462. The fourth-order valence-corrected chi connectivity index (χ4v) is 2.27. The highest BCUT2D eigenvalue weighted by molar-refractivity contribution is 6.29. The predicted molar refractivity (Wildman–Crippen MR) is 72.1 cm³/mol. The van der Waals surface area contributed by atoms with Gasteiger partial charge in [0.2, 0.25) is 5.91 Å². The normalized spacial score (nSPS) is 18.2. The van der Waals surface area contributed by atoms with Crippen LogP contribution in [0.5, 0.6) is 0 Å². The zero-order chi connectivity index (χ0) is 13.8. The van der Waals surface area contributed by atoms with E-state index in [2.05, 4.69) is 15.6 Å². The summed E-state index contributed by atoms with van der Waals surface area (Å²) in [4.78, 5) is 27.3. The van der Waals surface area contributed by atoms with Crippen molar-refractivity contribution in [2.24, 2.45) is 0 Å². The number of aromatic nitrogens is 1. The summed E-state index contributed by atoms with van der Waals surface area (Å²) in [5, 5.41) is 5.81. The molecule has 0 bridgehead atoms. The number of aryl methyl sites for hydroxylation is 1. The molecule has 2 rings (SSSR count). The van der Waals surface area contributed by atoms with Gasteiger partial charge < -0.3 is 10.6 Å². The number of halogens is 1. The van der Waals surface area contributed by atoms with Gasteiger partial charge in [0.05, 0.1) is 6.04 Å². The Bertz CT molecular complexity index is 505. The van der Waals surface area contributed by atoms with E-state index in [0.717, 1.165) is 18.5 Å². The Morgan fingerprint density at radius 1 is 1.58 bits per heavy atom. The van der Waals surface area contributed by atoms with Gasteiger partial charge in [0.15, 0.2) is 0 Å². The molecular weight excluding hydrogens is 266 g/mol. The number of nitrogens with zero attached hydrogens (tertiary/aromatic N) is 1. The first-order valence-corrected chi connectivity index (χ1v) is 6.70. The number of hydrogen-bond acceptors (Lipinski definition) is 3. The van der Waals surface area contributed by atoms with Crippen molar-refractivity contribution in [1.29, 1.82) is 0 Å². The molecule has 1 saturated heterocycles. The van der Waals surface area contributed by atoms with Crippen LogP contribution in [-0.4, -0.2) is 29.4 Å². The summed E-state index contributed by atoms with van der Waals surface area (Å²) in [5.41, 5.74) is 1.29. The van der Waals surface area contributed by atoms with Crippen molar-refractivity contribution in [2.45, 2.75) is 32.2 Å². The third kappa shape index (κ3) is 3.67. The zero-order valence-corrected chi connectivity index (χ0v) is 11.5. The van der Waals surface area contributed by atoms with Crippen molar-refractivity contribution in [3.8, 4) is 0 Å². The van der Waals surface area contributed by atoms with Crippen LogP contribution >= 0.6 is 11.6 Å². The Labute approximate surface area is 116 Å². The Morgan fingerprint density at radius 2 is 2.37 bits per heavy atom. The first-order chi connectivity index (χ1) is 9.08. The van der Waals surface area contributed by atoms with E-state index >= 15 is 0 Å². The highest BCUT2D eigenvalue weighted by atomic mass is 35.5. The van der Waals surface area contributed by atoms with Crippen molar-refractivity contribution in [1.82, 2.24) is 15.6 Å². The summed E-state index contributed by atoms with van der Waals surface area (Å²) in [5.74, 6) is -0.257. The van der Waals surface area contributed by atoms with E-state index in [0.29, 0.717) is 23.7 Å². The standard InChI is InChI=1S/C13H16ClN3O2/c1-2-3-9-4-8(5-11(14)16-9)13(19)17-10-6-12(18)15-7-10/h4-5,10H,2-3,6-7H2,1H3,(H,15,18)(H,17,19). The molecule has 5 nitrogen and oxygen atoms in total. The summed E-state index contributed by atoms with van der Waals surface area (Å²) < 4.78 is 0. The average Bonchev–Trinajstić information content (AvgIpc) is 2.74. The topological polar surface area (TPSA) is 71.1 Å². The summed E-state index contributed by atoms with van der Waals surface area (Å²) in [6.45, 7) is 2.52. The Hall–Kier alpha value is -1.62. The van der Waals surface area contributed by atoms with Gasteiger partial charge in [-0.1, -0.05) is 24.9 Å². The Balaban J connectivity index is 2.07. The lowest BCUT2D eigenvalue weighted by Crippen LogP contribution is -2.36. The molecule has 2 amide bonds.